The number of rotatable bonds is 4. The number of hydrogen-bond acceptors (Lipinski definition) is 2. The third-order valence-corrected chi connectivity index (χ3v) is 0.675. The Balaban J connectivity index is 2.45. The van der Waals surface area contributed by atoms with E-state index in [1.165, 1.54) is 0 Å². The summed E-state index contributed by atoms with van der Waals surface area (Å²) >= 11 is 0. The van der Waals surface area contributed by atoms with Crippen molar-refractivity contribution in [1.29, 1.82) is 0 Å². The zero-order valence-corrected chi connectivity index (χ0v) is 4.61. The molecule has 0 saturated carbocycles. The summed E-state index contributed by atoms with van der Waals surface area (Å²) in [6, 6.07) is 0. The van der Waals surface area contributed by atoms with Crippen molar-refractivity contribution in [3.63, 3.8) is 0 Å². The van der Waals surface area contributed by atoms with Crippen LogP contribution in [0.25, 0.3) is 0 Å². The predicted octanol–water partition coefficient (Wildman–Crippen LogP) is -0.241. The lowest BCUT2D eigenvalue weighted by atomic mass is 10.5. The molecule has 2 heteroatoms. The van der Waals surface area contributed by atoms with Crippen LogP contribution in [-0.2, 0) is 0 Å². The minimum Gasteiger partial charge on any atom is -0.329 e. The molecule has 7 heavy (non-hydrogen) atoms. The standard InChI is InChI=1S/C5H13N2/c1-2-4-7-5-3-6/h7H,1-6H2. The van der Waals surface area contributed by atoms with Crippen LogP contribution in [0, 0.1) is 6.92 Å². The highest BCUT2D eigenvalue weighted by Gasteiger charge is 1.76. The normalized spacial score (nSPS) is 9.43. The molecule has 0 aromatic rings. The first-order chi connectivity index (χ1) is 3.41. The first-order valence-electron chi connectivity index (χ1n) is 2.62. The van der Waals surface area contributed by atoms with Gasteiger partial charge in [0.1, 0.15) is 0 Å². The molecule has 0 unspecified atom stereocenters. The molecule has 0 aliphatic heterocycles. The molecule has 0 fully saturated rings. The molecular weight excluding hydrogens is 88.1 g/mol. The van der Waals surface area contributed by atoms with Crippen molar-refractivity contribution >= 4 is 0 Å². The molecule has 0 spiro atoms. The van der Waals surface area contributed by atoms with Crippen molar-refractivity contribution in [2.24, 2.45) is 5.73 Å². The Kier molecular flexibility index (Phi) is 5.85. The van der Waals surface area contributed by atoms with Crippen LogP contribution in [0.3, 0.4) is 0 Å². The summed E-state index contributed by atoms with van der Waals surface area (Å²) in [5.74, 6) is 0. The summed E-state index contributed by atoms with van der Waals surface area (Å²) in [4.78, 5) is 0. The lowest BCUT2D eigenvalue weighted by molar-refractivity contribution is 0.696. The van der Waals surface area contributed by atoms with E-state index in [1.807, 2.05) is 0 Å². The summed E-state index contributed by atoms with van der Waals surface area (Å²) in [6.45, 7) is 6.27. The first-order valence-corrected chi connectivity index (χ1v) is 2.62. The van der Waals surface area contributed by atoms with Crippen molar-refractivity contribution in [3.05, 3.63) is 6.92 Å². The number of nitrogens with one attached hydrogen (secondary N) is 1. The average molecular weight is 101 g/mol. The highest BCUT2D eigenvalue weighted by atomic mass is 14.9. The van der Waals surface area contributed by atoms with Gasteiger partial charge in [-0.1, -0.05) is 6.92 Å². The van der Waals surface area contributed by atoms with E-state index in [0.29, 0.717) is 0 Å². The zero-order valence-electron chi connectivity index (χ0n) is 4.61. The lowest BCUT2D eigenvalue weighted by Gasteiger charge is -1.95. The summed E-state index contributed by atoms with van der Waals surface area (Å²) in [6.07, 6.45) is 0.944. The van der Waals surface area contributed by atoms with Gasteiger partial charge in [-0.15, -0.1) is 0 Å². The maximum Gasteiger partial charge on any atom is 0.00745 e. The van der Waals surface area contributed by atoms with E-state index in [0.717, 1.165) is 26.1 Å². The van der Waals surface area contributed by atoms with Gasteiger partial charge in [0.25, 0.3) is 0 Å². The largest absolute Gasteiger partial charge is 0.329 e. The molecule has 2 nitrogen and oxygen atoms in total. The van der Waals surface area contributed by atoms with Gasteiger partial charge in [-0.05, 0) is 13.0 Å². The van der Waals surface area contributed by atoms with E-state index in [2.05, 4.69) is 12.2 Å². The minimum absolute atomic E-state index is 0.722. The number of nitrogens with two attached hydrogens (primary N) is 1. The Hall–Kier alpha value is -0.0800. The molecule has 0 aromatic heterocycles. The Labute approximate surface area is 45.1 Å². The van der Waals surface area contributed by atoms with Crippen LogP contribution in [0.4, 0.5) is 0 Å². The van der Waals surface area contributed by atoms with Crippen LogP contribution in [0.1, 0.15) is 6.42 Å². The fraction of sp³-hybridized carbons (Fsp3) is 0.800. The van der Waals surface area contributed by atoms with Crippen molar-refractivity contribution < 1.29 is 0 Å². The minimum atomic E-state index is 0.722. The zero-order chi connectivity index (χ0) is 5.54. The second-order valence-electron chi connectivity index (χ2n) is 1.39. The van der Waals surface area contributed by atoms with Gasteiger partial charge in [-0.25, -0.2) is 0 Å². The number of hydrogen-bond donors (Lipinski definition) is 2. The van der Waals surface area contributed by atoms with Gasteiger partial charge >= 0.3 is 0 Å². The topological polar surface area (TPSA) is 38.0 Å². The second-order valence-corrected chi connectivity index (χ2v) is 1.39. The molecule has 0 atom stereocenters. The SMILES string of the molecule is [CH2]CCNCCN. The molecule has 0 aliphatic carbocycles. The molecule has 0 bridgehead atoms. The third kappa shape index (κ3) is 5.92. The van der Waals surface area contributed by atoms with Crippen molar-refractivity contribution in [1.82, 2.24) is 5.32 Å². The lowest BCUT2D eigenvalue weighted by Crippen LogP contribution is -2.22. The Morgan fingerprint density at radius 2 is 2.14 bits per heavy atom. The van der Waals surface area contributed by atoms with Gasteiger partial charge < -0.3 is 11.1 Å². The Morgan fingerprint density at radius 1 is 1.43 bits per heavy atom. The smallest absolute Gasteiger partial charge is 0.00745 e. The molecule has 0 aromatic carbocycles. The fourth-order valence-electron chi connectivity index (χ4n) is 0.352. The average Bonchev–Trinajstić information content (AvgIpc) is 1.69. The third-order valence-electron chi connectivity index (χ3n) is 0.675. The van der Waals surface area contributed by atoms with Crippen molar-refractivity contribution in [3.8, 4) is 0 Å². The van der Waals surface area contributed by atoms with E-state index in [9.17, 15) is 0 Å². The van der Waals surface area contributed by atoms with E-state index >= 15 is 0 Å². The molecule has 3 N–H and O–H groups in total. The molecule has 0 rings (SSSR count). The first kappa shape index (κ1) is 6.92. The molecule has 0 amide bonds. The van der Waals surface area contributed by atoms with E-state index in [1.54, 1.807) is 0 Å². The molecule has 0 aliphatic rings. The van der Waals surface area contributed by atoms with Gasteiger partial charge in [0, 0.05) is 13.1 Å². The molecular formula is C5H13N2. The maximum absolute atomic E-state index is 5.19. The summed E-state index contributed by atoms with van der Waals surface area (Å²) in [5.41, 5.74) is 5.19. The van der Waals surface area contributed by atoms with Crippen LogP contribution >= 0.6 is 0 Å². The predicted molar refractivity (Wildman–Crippen MR) is 31.9 cm³/mol. The quantitative estimate of drug-likeness (QED) is 0.480. The van der Waals surface area contributed by atoms with Gasteiger partial charge in [-0.3, -0.25) is 0 Å². The van der Waals surface area contributed by atoms with Crippen LogP contribution in [-0.4, -0.2) is 19.6 Å². The van der Waals surface area contributed by atoms with Crippen LogP contribution < -0.4 is 11.1 Å². The Morgan fingerprint density at radius 3 is 2.57 bits per heavy atom. The molecule has 43 valence electrons. The van der Waals surface area contributed by atoms with Gasteiger partial charge in [-0.2, -0.15) is 0 Å². The summed E-state index contributed by atoms with van der Waals surface area (Å²) in [7, 11) is 0. The van der Waals surface area contributed by atoms with E-state index < -0.39 is 0 Å². The highest BCUT2D eigenvalue weighted by molar-refractivity contribution is 4.47. The van der Waals surface area contributed by atoms with Crippen molar-refractivity contribution in [2.75, 3.05) is 19.6 Å². The van der Waals surface area contributed by atoms with Crippen LogP contribution in [0.5, 0.6) is 0 Å². The van der Waals surface area contributed by atoms with Crippen LogP contribution in [0.15, 0.2) is 0 Å². The van der Waals surface area contributed by atoms with Gasteiger partial charge in [0.05, 0.1) is 0 Å². The highest BCUT2D eigenvalue weighted by Crippen LogP contribution is 1.64. The van der Waals surface area contributed by atoms with Gasteiger partial charge in [0.2, 0.25) is 0 Å². The maximum atomic E-state index is 5.19. The summed E-state index contributed by atoms with van der Waals surface area (Å²) in [5, 5.41) is 3.10. The second kappa shape index (κ2) is 5.92. The van der Waals surface area contributed by atoms with E-state index in [-0.39, 0.29) is 0 Å². The molecule has 1 radical (unpaired) electrons. The van der Waals surface area contributed by atoms with Crippen LogP contribution in [0.2, 0.25) is 0 Å². The summed E-state index contributed by atoms with van der Waals surface area (Å²) < 4.78 is 0. The fourth-order valence-corrected chi connectivity index (χ4v) is 0.352. The van der Waals surface area contributed by atoms with E-state index in [4.69, 9.17) is 5.73 Å². The Bertz CT molecular complexity index is 25.3. The molecule has 0 heterocycles. The monoisotopic (exact) mass is 101 g/mol. The molecule has 0 saturated heterocycles. The van der Waals surface area contributed by atoms with Gasteiger partial charge in [0.15, 0.2) is 0 Å². The van der Waals surface area contributed by atoms with Crippen molar-refractivity contribution in [2.45, 2.75) is 6.42 Å².